The predicted molar refractivity (Wildman–Crippen MR) is 93.4 cm³/mol. The van der Waals surface area contributed by atoms with Crippen LogP contribution < -0.4 is 0 Å². The van der Waals surface area contributed by atoms with Crippen molar-refractivity contribution < 1.29 is 17.6 Å². The Morgan fingerprint density at radius 2 is 1.96 bits per heavy atom. The summed E-state index contributed by atoms with van der Waals surface area (Å²) in [7, 11) is -3.98. The number of sulfonamides is 1. The molecule has 0 saturated carbocycles. The highest BCUT2D eigenvalue weighted by molar-refractivity contribution is 7.89. The van der Waals surface area contributed by atoms with Crippen LogP contribution in [0.5, 0.6) is 0 Å². The minimum Gasteiger partial charge on any atom is -0.334 e. The van der Waals surface area contributed by atoms with Crippen LogP contribution in [0.3, 0.4) is 0 Å². The van der Waals surface area contributed by atoms with E-state index >= 15 is 0 Å². The van der Waals surface area contributed by atoms with E-state index in [0.717, 1.165) is 6.07 Å². The molecular weight excluding hydrogens is 373 g/mol. The molecule has 2 aliphatic rings. The fraction of sp³-hybridized carbons (Fsp3) is 0.471. The van der Waals surface area contributed by atoms with Gasteiger partial charge in [-0.25, -0.2) is 12.8 Å². The molecule has 10 heteroatoms. The van der Waals surface area contributed by atoms with E-state index in [9.17, 15) is 17.6 Å². The molecule has 0 aliphatic carbocycles. The summed E-state index contributed by atoms with van der Waals surface area (Å²) in [6.45, 7) is 3.21. The molecule has 1 aromatic carbocycles. The average molecular weight is 393 g/mol. The van der Waals surface area contributed by atoms with Crippen LogP contribution in [-0.4, -0.2) is 51.4 Å². The molecule has 0 N–H and O–H groups in total. The van der Waals surface area contributed by atoms with Crippen LogP contribution in [-0.2, 0) is 27.9 Å². The van der Waals surface area contributed by atoms with Gasteiger partial charge in [0.2, 0.25) is 15.9 Å². The molecule has 144 valence electrons. The Morgan fingerprint density at radius 3 is 2.70 bits per heavy atom. The fourth-order valence-electron chi connectivity index (χ4n) is 3.76. The van der Waals surface area contributed by atoms with Gasteiger partial charge in [-0.2, -0.15) is 4.31 Å². The highest BCUT2D eigenvalue weighted by Gasteiger charge is 2.40. The van der Waals surface area contributed by atoms with Crippen molar-refractivity contribution in [1.82, 2.24) is 24.0 Å². The third-order valence-corrected chi connectivity index (χ3v) is 7.09. The molecule has 1 atom stereocenters. The van der Waals surface area contributed by atoms with Gasteiger partial charge in [0.05, 0.1) is 12.6 Å². The molecule has 2 aliphatic heterocycles. The van der Waals surface area contributed by atoms with E-state index in [4.69, 9.17) is 0 Å². The summed E-state index contributed by atoms with van der Waals surface area (Å²) in [4.78, 5) is 12.9. The molecular formula is C17H20FN5O3S. The molecule has 3 heterocycles. The normalized spacial score (nSPS) is 20.7. The first-order valence-corrected chi connectivity index (χ1v) is 10.3. The number of fused-ring (bicyclic) bond motifs is 1. The van der Waals surface area contributed by atoms with E-state index in [-0.39, 0.29) is 10.8 Å². The van der Waals surface area contributed by atoms with Crippen molar-refractivity contribution in [2.45, 2.75) is 43.8 Å². The topological polar surface area (TPSA) is 88.4 Å². The Morgan fingerprint density at radius 1 is 1.19 bits per heavy atom. The number of amides is 1. The zero-order valence-corrected chi connectivity index (χ0v) is 15.7. The number of aromatic nitrogens is 3. The number of hydrogen-bond donors (Lipinski definition) is 0. The van der Waals surface area contributed by atoms with Gasteiger partial charge in [0, 0.05) is 26.6 Å². The predicted octanol–water partition coefficient (Wildman–Crippen LogP) is 1.31. The van der Waals surface area contributed by atoms with Crippen molar-refractivity contribution in [3.05, 3.63) is 41.7 Å². The third kappa shape index (κ3) is 3.02. The maximum atomic E-state index is 14.1. The number of nitrogens with zero attached hydrogens (tertiary/aromatic N) is 5. The van der Waals surface area contributed by atoms with Gasteiger partial charge in [-0.15, -0.1) is 10.2 Å². The standard InChI is InChI=1S/C17H20FN5O3S/c1-12(24)21-9-10-22-16(11-21)19-20-17(22)14-6-4-8-23(14)27(25,26)15-7-3-2-5-13(15)18/h2-3,5,7,14H,4,6,8-11H2,1H3. The molecule has 2 aromatic rings. The van der Waals surface area contributed by atoms with E-state index in [1.165, 1.54) is 29.4 Å². The maximum Gasteiger partial charge on any atom is 0.246 e. The summed E-state index contributed by atoms with van der Waals surface area (Å²) in [6, 6.07) is 4.92. The molecule has 1 unspecified atom stereocenters. The highest BCUT2D eigenvalue weighted by Crippen LogP contribution is 2.37. The Hall–Kier alpha value is -2.33. The number of hydrogen-bond acceptors (Lipinski definition) is 5. The van der Waals surface area contributed by atoms with Crippen LogP contribution in [0, 0.1) is 5.82 Å². The second kappa shape index (κ2) is 6.68. The van der Waals surface area contributed by atoms with Crippen LogP contribution in [0.2, 0.25) is 0 Å². The van der Waals surface area contributed by atoms with Crippen LogP contribution in [0.25, 0.3) is 0 Å². The Labute approximate surface area is 156 Å². The second-order valence-electron chi connectivity index (χ2n) is 6.77. The Balaban J connectivity index is 1.68. The molecule has 27 heavy (non-hydrogen) atoms. The maximum absolute atomic E-state index is 14.1. The van der Waals surface area contributed by atoms with Crippen molar-refractivity contribution in [3.63, 3.8) is 0 Å². The molecule has 8 nitrogen and oxygen atoms in total. The summed E-state index contributed by atoms with van der Waals surface area (Å²) in [5.74, 6) is 0.408. The van der Waals surface area contributed by atoms with Crippen LogP contribution >= 0.6 is 0 Å². The Bertz CT molecular complexity index is 990. The first-order chi connectivity index (χ1) is 12.9. The van der Waals surface area contributed by atoms with Crippen LogP contribution in [0.15, 0.2) is 29.2 Å². The zero-order chi connectivity index (χ0) is 19.2. The number of halogens is 1. The quantitative estimate of drug-likeness (QED) is 0.784. The molecule has 0 bridgehead atoms. The van der Waals surface area contributed by atoms with Gasteiger partial charge < -0.3 is 9.47 Å². The number of benzene rings is 1. The summed E-state index contributed by atoms with van der Waals surface area (Å²) >= 11 is 0. The lowest BCUT2D eigenvalue weighted by molar-refractivity contribution is -0.130. The van der Waals surface area contributed by atoms with Gasteiger partial charge >= 0.3 is 0 Å². The van der Waals surface area contributed by atoms with Gasteiger partial charge in [-0.3, -0.25) is 4.79 Å². The molecule has 4 rings (SSSR count). The first kappa shape index (κ1) is 18.1. The largest absolute Gasteiger partial charge is 0.334 e. The average Bonchev–Trinajstić information content (AvgIpc) is 3.28. The van der Waals surface area contributed by atoms with Crippen molar-refractivity contribution >= 4 is 15.9 Å². The van der Waals surface area contributed by atoms with E-state index < -0.39 is 21.9 Å². The Kier molecular flexibility index (Phi) is 4.47. The van der Waals surface area contributed by atoms with Crippen LogP contribution in [0.1, 0.15) is 37.5 Å². The van der Waals surface area contributed by atoms with Gasteiger partial charge in [0.1, 0.15) is 10.7 Å². The third-order valence-electron chi connectivity index (χ3n) is 5.15. The van der Waals surface area contributed by atoms with Gasteiger partial charge in [0.15, 0.2) is 11.6 Å². The van der Waals surface area contributed by atoms with E-state index in [2.05, 4.69) is 10.2 Å². The highest BCUT2D eigenvalue weighted by atomic mass is 32.2. The van der Waals surface area contributed by atoms with Crippen molar-refractivity contribution in [2.24, 2.45) is 0 Å². The van der Waals surface area contributed by atoms with Crippen molar-refractivity contribution in [1.29, 1.82) is 0 Å². The minimum absolute atomic E-state index is 0.0320. The molecule has 1 amide bonds. The molecule has 0 radical (unpaired) electrons. The van der Waals surface area contributed by atoms with E-state index in [1.807, 2.05) is 4.57 Å². The van der Waals surface area contributed by atoms with Crippen molar-refractivity contribution in [3.8, 4) is 0 Å². The van der Waals surface area contributed by atoms with Gasteiger partial charge in [-0.05, 0) is 25.0 Å². The lowest BCUT2D eigenvalue weighted by Gasteiger charge is -2.29. The smallest absolute Gasteiger partial charge is 0.246 e. The van der Waals surface area contributed by atoms with Gasteiger partial charge in [-0.1, -0.05) is 12.1 Å². The fourth-order valence-corrected chi connectivity index (χ4v) is 5.48. The molecule has 1 saturated heterocycles. The van der Waals surface area contributed by atoms with E-state index in [0.29, 0.717) is 50.7 Å². The molecule has 0 spiro atoms. The SMILES string of the molecule is CC(=O)N1CCn2c(nnc2C2CCCN2S(=O)(=O)c2ccccc2F)C1. The van der Waals surface area contributed by atoms with Crippen molar-refractivity contribution in [2.75, 3.05) is 13.1 Å². The summed E-state index contributed by atoms with van der Waals surface area (Å²) in [6.07, 6.45) is 1.27. The number of carbonyl (C=O) groups excluding carboxylic acids is 1. The molecule has 1 fully saturated rings. The number of carbonyl (C=O) groups is 1. The lowest BCUT2D eigenvalue weighted by atomic mass is 10.2. The number of rotatable bonds is 3. The summed E-state index contributed by atoms with van der Waals surface area (Å²) in [5.41, 5.74) is 0. The summed E-state index contributed by atoms with van der Waals surface area (Å²) < 4.78 is 43.4. The van der Waals surface area contributed by atoms with E-state index in [1.54, 1.807) is 4.90 Å². The first-order valence-electron chi connectivity index (χ1n) is 8.83. The molecule has 1 aromatic heterocycles. The van der Waals surface area contributed by atoms with Crippen LogP contribution in [0.4, 0.5) is 4.39 Å². The lowest BCUT2D eigenvalue weighted by Crippen LogP contribution is -2.38. The summed E-state index contributed by atoms with van der Waals surface area (Å²) in [5, 5.41) is 8.39. The zero-order valence-electron chi connectivity index (χ0n) is 14.9. The monoisotopic (exact) mass is 393 g/mol. The second-order valence-corrected chi connectivity index (χ2v) is 8.63. The van der Waals surface area contributed by atoms with Gasteiger partial charge in [0.25, 0.3) is 0 Å². The minimum atomic E-state index is -3.98.